The number of amides is 1. The maximum atomic E-state index is 11.8. The van der Waals surface area contributed by atoms with E-state index in [4.69, 9.17) is 22.7 Å². The lowest BCUT2D eigenvalue weighted by Crippen LogP contribution is -2.33. The number of hydrogen-bond donors (Lipinski definition) is 1. The van der Waals surface area contributed by atoms with Gasteiger partial charge in [0.25, 0.3) is 5.91 Å². The maximum Gasteiger partial charge on any atom is 0.260 e. The van der Waals surface area contributed by atoms with Crippen LogP contribution in [0.4, 0.5) is 0 Å². The Bertz CT molecular complexity index is 629. The molecule has 0 saturated carbocycles. The summed E-state index contributed by atoms with van der Waals surface area (Å²) in [4.78, 5) is 13.8. The smallest absolute Gasteiger partial charge is 0.260 e. The van der Waals surface area contributed by atoms with Gasteiger partial charge in [0.1, 0.15) is 5.75 Å². The van der Waals surface area contributed by atoms with Gasteiger partial charge in [-0.05, 0) is 18.2 Å². The molecule has 1 amide bonds. The van der Waals surface area contributed by atoms with E-state index in [1.54, 1.807) is 19.2 Å². The highest BCUT2D eigenvalue weighted by Crippen LogP contribution is 2.17. The summed E-state index contributed by atoms with van der Waals surface area (Å²) < 4.78 is 28.2. The Kier molecular flexibility index (Phi) is 6.10. The molecule has 1 rings (SSSR count). The summed E-state index contributed by atoms with van der Waals surface area (Å²) in [6.45, 7) is 0.238. The predicted octanol–water partition coefficient (Wildman–Crippen LogP) is 0.603. The first-order valence-corrected chi connectivity index (χ1v) is 8.45. The van der Waals surface area contributed by atoms with E-state index in [1.807, 2.05) is 0 Å². The molecular formula is C13H18N2O4S2. The Balaban J connectivity index is 2.59. The average molecular weight is 330 g/mol. The number of benzene rings is 1. The molecule has 0 spiro atoms. The van der Waals surface area contributed by atoms with Crippen LogP contribution >= 0.6 is 12.2 Å². The molecule has 0 heterocycles. The van der Waals surface area contributed by atoms with Gasteiger partial charge < -0.3 is 15.4 Å². The summed E-state index contributed by atoms with van der Waals surface area (Å²) in [6.07, 6.45) is 1.56. The Morgan fingerprint density at radius 2 is 2.10 bits per heavy atom. The number of nitrogens with two attached hydrogens (primary N) is 1. The van der Waals surface area contributed by atoms with Crippen LogP contribution in [0.1, 0.15) is 6.42 Å². The van der Waals surface area contributed by atoms with Crippen molar-refractivity contribution in [3.8, 4) is 5.75 Å². The van der Waals surface area contributed by atoms with Crippen molar-refractivity contribution in [1.29, 1.82) is 0 Å². The van der Waals surface area contributed by atoms with Gasteiger partial charge in [0, 0.05) is 26.3 Å². The third kappa shape index (κ3) is 6.09. The first kappa shape index (κ1) is 17.4. The van der Waals surface area contributed by atoms with E-state index in [-0.39, 0.29) is 17.4 Å². The minimum absolute atomic E-state index is 0.147. The average Bonchev–Trinajstić information content (AvgIpc) is 2.41. The van der Waals surface area contributed by atoms with Gasteiger partial charge in [-0.25, -0.2) is 8.42 Å². The highest BCUT2D eigenvalue weighted by atomic mass is 32.2. The number of sulfone groups is 1. The van der Waals surface area contributed by atoms with Gasteiger partial charge in [-0.3, -0.25) is 4.79 Å². The Morgan fingerprint density at radius 1 is 1.43 bits per heavy atom. The zero-order chi connectivity index (χ0) is 16.0. The van der Waals surface area contributed by atoms with Crippen LogP contribution in [0.3, 0.4) is 0 Å². The molecule has 0 aromatic heterocycles. The minimum Gasteiger partial charge on any atom is -0.484 e. The van der Waals surface area contributed by atoms with E-state index in [0.29, 0.717) is 23.7 Å². The van der Waals surface area contributed by atoms with Crippen LogP contribution in [-0.2, 0) is 14.6 Å². The van der Waals surface area contributed by atoms with Crippen molar-refractivity contribution in [2.24, 2.45) is 5.73 Å². The molecule has 0 radical (unpaired) electrons. The first-order valence-electron chi connectivity index (χ1n) is 6.15. The quantitative estimate of drug-likeness (QED) is 0.737. The number of nitrogens with zero attached hydrogens (tertiary/aromatic N) is 1. The first-order chi connectivity index (χ1) is 9.70. The molecule has 21 heavy (non-hydrogen) atoms. The van der Waals surface area contributed by atoms with Crippen LogP contribution in [0.5, 0.6) is 5.75 Å². The number of likely N-dealkylation sites (N-methyl/N-ethyl adjacent to an activating group) is 1. The van der Waals surface area contributed by atoms with Gasteiger partial charge in [-0.2, -0.15) is 0 Å². The van der Waals surface area contributed by atoms with E-state index in [2.05, 4.69) is 0 Å². The van der Waals surface area contributed by atoms with Crippen molar-refractivity contribution in [2.45, 2.75) is 11.3 Å². The Morgan fingerprint density at radius 3 is 2.67 bits per heavy atom. The number of carbonyl (C=O) groups is 1. The topological polar surface area (TPSA) is 89.7 Å². The van der Waals surface area contributed by atoms with Crippen LogP contribution < -0.4 is 10.5 Å². The Labute approximate surface area is 129 Å². The molecule has 0 saturated heterocycles. The fourth-order valence-corrected chi connectivity index (χ4v) is 2.20. The highest BCUT2D eigenvalue weighted by molar-refractivity contribution is 7.90. The number of ether oxygens (including phenoxy) is 1. The summed E-state index contributed by atoms with van der Waals surface area (Å²) in [5, 5.41) is 0. The molecule has 0 aliphatic carbocycles. The second-order valence-electron chi connectivity index (χ2n) is 4.57. The van der Waals surface area contributed by atoms with Crippen molar-refractivity contribution in [1.82, 2.24) is 4.90 Å². The lowest BCUT2D eigenvalue weighted by atomic mass is 10.3. The van der Waals surface area contributed by atoms with Crippen LogP contribution in [0.15, 0.2) is 29.2 Å². The molecule has 116 valence electrons. The largest absolute Gasteiger partial charge is 0.484 e. The van der Waals surface area contributed by atoms with Crippen LogP contribution in [-0.4, -0.2) is 50.7 Å². The molecule has 0 unspecified atom stereocenters. The fourth-order valence-electron chi connectivity index (χ4n) is 1.45. The standard InChI is InChI=1S/C13H18N2O4S2/c1-15(7-6-12(14)20)13(16)9-19-10-4-3-5-11(8-10)21(2,17)18/h3-5,8H,6-7,9H2,1-2H3,(H2,14,20). The van der Waals surface area contributed by atoms with Crippen LogP contribution in [0, 0.1) is 0 Å². The van der Waals surface area contributed by atoms with E-state index < -0.39 is 9.84 Å². The number of rotatable bonds is 7. The second kappa shape index (κ2) is 7.37. The molecule has 0 bridgehead atoms. The lowest BCUT2D eigenvalue weighted by molar-refractivity contribution is -0.131. The Hall–Kier alpha value is -1.67. The molecule has 0 atom stereocenters. The molecule has 0 aliphatic heterocycles. The van der Waals surface area contributed by atoms with E-state index in [9.17, 15) is 13.2 Å². The third-order valence-electron chi connectivity index (χ3n) is 2.72. The van der Waals surface area contributed by atoms with Crippen molar-refractivity contribution < 1.29 is 17.9 Å². The highest BCUT2D eigenvalue weighted by Gasteiger charge is 2.11. The van der Waals surface area contributed by atoms with E-state index >= 15 is 0 Å². The predicted molar refractivity (Wildman–Crippen MR) is 84.1 cm³/mol. The van der Waals surface area contributed by atoms with Crippen molar-refractivity contribution in [2.75, 3.05) is 26.5 Å². The van der Waals surface area contributed by atoms with Crippen molar-refractivity contribution >= 4 is 33.0 Å². The van der Waals surface area contributed by atoms with Gasteiger partial charge in [0.15, 0.2) is 16.4 Å². The van der Waals surface area contributed by atoms with E-state index in [0.717, 1.165) is 6.26 Å². The van der Waals surface area contributed by atoms with Gasteiger partial charge in [0.2, 0.25) is 0 Å². The zero-order valence-electron chi connectivity index (χ0n) is 11.9. The summed E-state index contributed by atoms with van der Waals surface area (Å²) in [5.74, 6) is 0.0880. The second-order valence-corrected chi connectivity index (χ2v) is 7.11. The molecular weight excluding hydrogens is 312 g/mol. The summed E-state index contributed by atoms with van der Waals surface area (Å²) in [7, 11) is -1.68. The van der Waals surface area contributed by atoms with Gasteiger partial charge in [-0.1, -0.05) is 18.3 Å². The van der Waals surface area contributed by atoms with Crippen molar-refractivity contribution in [3.05, 3.63) is 24.3 Å². The van der Waals surface area contributed by atoms with Gasteiger partial charge >= 0.3 is 0 Å². The normalized spacial score (nSPS) is 11.0. The number of thiocarbonyl (C=S) groups is 1. The molecule has 0 fully saturated rings. The van der Waals surface area contributed by atoms with Gasteiger partial charge in [0.05, 0.1) is 9.88 Å². The number of hydrogen-bond acceptors (Lipinski definition) is 5. The molecule has 8 heteroatoms. The third-order valence-corrected chi connectivity index (χ3v) is 4.03. The summed E-state index contributed by atoms with van der Waals surface area (Å²) in [5.41, 5.74) is 5.37. The van der Waals surface area contributed by atoms with Crippen molar-refractivity contribution in [3.63, 3.8) is 0 Å². The molecule has 1 aromatic rings. The summed E-state index contributed by atoms with van der Waals surface area (Å²) >= 11 is 4.74. The molecule has 0 aliphatic rings. The zero-order valence-corrected chi connectivity index (χ0v) is 13.5. The number of carbonyl (C=O) groups excluding carboxylic acids is 1. The molecule has 1 aromatic carbocycles. The maximum absolute atomic E-state index is 11.8. The van der Waals surface area contributed by atoms with Gasteiger partial charge in [-0.15, -0.1) is 0 Å². The monoisotopic (exact) mass is 330 g/mol. The molecule has 6 nitrogen and oxygen atoms in total. The SMILES string of the molecule is CN(CCC(N)=S)C(=O)COc1cccc(S(C)(=O)=O)c1. The summed E-state index contributed by atoms with van der Waals surface area (Å²) in [6, 6.07) is 6.01. The fraction of sp³-hybridized carbons (Fsp3) is 0.385. The van der Waals surface area contributed by atoms with E-state index in [1.165, 1.54) is 17.0 Å². The lowest BCUT2D eigenvalue weighted by Gasteiger charge is -2.17. The van der Waals surface area contributed by atoms with Crippen LogP contribution in [0.2, 0.25) is 0 Å². The van der Waals surface area contributed by atoms with Crippen LogP contribution in [0.25, 0.3) is 0 Å². The minimum atomic E-state index is -3.30. The molecule has 2 N–H and O–H groups in total.